The van der Waals surface area contributed by atoms with Crippen LogP contribution in [0, 0.1) is 25.2 Å². The Labute approximate surface area is 147 Å². The van der Waals surface area contributed by atoms with Crippen molar-refractivity contribution < 1.29 is 8.42 Å². The first-order valence-corrected chi connectivity index (χ1v) is 9.33. The molecule has 0 spiro atoms. The number of hydrogen-bond acceptors (Lipinski definition) is 5. The first kappa shape index (κ1) is 17.3. The molecule has 0 fully saturated rings. The molecule has 0 radical (unpaired) electrons. The maximum absolute atomic E-state index is 12.8. The number of rotatable bonds is 3. The van der Waals surface area contributed by atoms with Crippen molar-refractivity contribution in [2.45, 2.75) is 25.2 Å². The predicted octanol–water partition coefficient (Wildman–Crippen LogP) is 1.78. The highest BCUT2D eigenvalue weighted by atomic mass is 32.2. The molecule has 130 valence electrons. The van der Waals surface area contributed by atoms with Crippen LogP contribution in [-0.2, 0) is 17.1 Å². The van der Waals surface area contributed by atoms with E-state index in [0.717, 1.165) is 16.8 Å². The molecule has 25 heavy (non-hydrogen) atoms. The molecule has 0 saturated heterocycles. The lowest BCUT2D eigenvalue weighted by Crippen LogP contribution is -2.35. The molecule has 0 saturated carbocycles. The van der Waals surface area contributed by atoms with Gasteiger partial charge in [-0.25, -0.2) is 8.42 Å². The molecule has 0 N–H and O–H groups in total. The highest BCUT2D eigenvalue weighted by Crippen LogP contribution is 2.27. The molecule has 3 heterocycles. The average molecular weight is 357 g/mol. The summed E-state index contributed by atoms with van der Waals surface area (Å²) >= 11 is 0. The summed E-state index contributed by atoms with van der Waals surface area (Å²) in [5, 5.41) is 13.0. The zero-order valence-electron chi connectivity index (χ0n) is 14.4. The van der Waals surface area contributed by atoms with Gasteiger partial charge in [-0.3, -0.25) is 9.67 Å². The molecule has 1 aliphatic heterocycles. The molecule has 3 rings (SSSR count). The molecule has 0 unspecified atom stereocenters. The maximum atomic E-state index is 12.8. The van der Waals surface area contributed by atoms with Gasteiger partial charge < -0.3 is 0 Å². The van der Waals surface area contributed by atoms with Crippen LogP contribution in [0.4, 0.5) is 0 Å². The molecule has 0 aromatic carbocycles. The van der Waals surface area contributed by atoms with Gasteiger partial charge in [0.2, 0.25) is 10.0 Å². The van der Waals surface area contributed by atoms with Crippen molar-refractivity contribution in [1.29, 1.82) is 5.26 Å². The minimum absolute atomic E-state index is 0.250. The third kappa shape index (κ3) is 3.08. The van der Waals surface area contributed by atoms with E-state index in [2.05, 4.69) is 16.2 Å². The van der Waals surface area contributed by atoms with E-state index in [1.165, 1.54) is 10.5 Å². The van der Waals surface area contributed by atoms with Gasteiger partial charge in [0.15, 0.2) is 0 Å². The first-order valence-electron chi connectivity index (χ1n) is 7.89. The fourth-order valence-electron chi connectivity index (χ4n) is 2.93. The quantitative estimate of drug-likeness (QED) is 0.835. The lowest BCUT2D eigenvalue weighted by atomic mass is 10.0. The molecular weight excluding hydrogens is 338 g/mol. The molecule has 1 aliphatic rings. The Kier molecular flexibility index (Phi) is 4.45. The Morgan fingerprint density at radius 3 is 2.56 bits per heavy atom. The van der Waals surface area contributed by atoms with Crippen LogP contribution in [-0.4, -0.2) is 40.6 Å². The van der Waals surface area contributed by atoms with Gasteiger partial charge in [0, 0.05) is 26.3 Å². The third-order valence-electron chi connectivity index (χ3n) is 4.49. The Morgan fingerprint density at radius 2 is 2.04 bits per heavy atom. The Balaban J connectivity index is 1.85. The minimum Gasteiger partial charge on any atom is -0.272 e. The molecule has 0 atom stereocenters. The Morgan fingerprint density at radius 1 is 1.28 bits per heavy atom. The van der Waals surface area contributed by atoms with Crippen molar-refractivity contribution in [3.63, 3.8) is 0 Å². The van der Waals surface area contributed by atoms with Crippen LogP contribution in [0.5, 0.6) is 0 Å². The normalized spacial score (nSPS) is 15.7. The second-order valence-corrected chi connectivity index (χ2v) is 7.97. The molecule has 0 aliphatic carbocycles. The van der Waals surface area contributed by atoms with Crippen LogP contribution in [0.2, 0.25) is 0 Å². The second-order valence-electron chi connectivity index (χ2n) is 6.06. The van der Waals surface area contributed by atoms with Crippen LogP contribution in [0.1, 0.15) is 28.9 Å². The summed E-state index contributed by atoms with van der Waals surface area (Å²) in [5.74, 6) is 0. The van der Waals surface area contributed by atoms with E-state index in [4.69, 9.17) is 5.26 Å². The van der Waals surface area contributed by atoms with E-state index in [1.807, 2.05) is 13.0 Å². The number of nitriles is 1. The summed E-state index contributed by atoms with van der Waals surface area (Å²) in [6.07, 6.45) is 5.42. The van der Waals surface area contributed by atoms with Crippen LogP contribution in [0.3, 0.4) is 0 Å². The SMILES string of the molecule is Cc1cc(C#N)cnc1C1=CCN(S(=O)(=O)c2cnn(C)c2C)CC1. The van der Waals surface area contributed by atoms with Crippen molar-refractivity contribution in [2.75, 3.05) is 13.1 Å². The molecule has 7 nitrogen and oxygen atoms in total. The fourth-order valence-corrected chi connectivity index (χ4v) is 4.49. The highest BCUT2D eigenvalue weighted by molar-refractivity contribution is 7.89. The van der Waals surface area contributed by atoms with Gasteiger partial charge >= 0.3 is 0 Å². The number of sulfonamides is 1. The standard InChI is InChI=1S/C17H19N5O2S/c1-12-8-14(9-18)10-19-17(12)15-4-6-22(7-5-15)25(23,24)16-11-20-21(3)13(16)2/h4,8,10-11H,5-7H2,1-3H3. The monoisotopic (exact) mass is 357 g/mol. The van der Waals surface area contributed by atoms with Gasteiger partial charge in [-0.15, -0.1) is 0 Å². The van der Waals surface area contributed by atoms with Gasteiger partial charge in [-0.1, -0.05) is 6.08 Å². The summed E-state index contributed by atoms with van der Waals surface area (Å²) in [5.41, 5.74) is 3.91. The summed E-state index contributed by atoms with van der Waals surface area (Å²) in [4.78, 5) is 4.61. The largest absolute Gasteiger partial charge is 0.272 e. The molecule has 2 aromatic rings. The number of hydrogen-bond donors (Lipinski definition) is 0. The van der Waals surface area contributed by atoms with E-state index in [9.17, 15) is 8.42 Å². The highest BCUT2D eigenvalue weighted by Gasteiger charge is 2.29. The van der Waals surface area contributed by atoms with Gasteiger partial charge in [-0.05, 0) is 37.5 Å². The van der Waals surface area contributed by atoms with Crippen molar-refractivity contribution in [3.05, 3.63) is 47.1 Å². The lowest BCUT2D eigenvalue weighted by Gasteiger charge is -2.26. The van der Waals surface area contributed by atoms with E-state index >= 15 is 0 Å². The van der Waals surface area contributed by atoms with E-state index in [-0.39, 0.29) is 4.90 Å². The molecular formula is C17H19N5O2S. The second kappa shape index (κ2) is 6.43. The van der Waals surface area contributed by atoms with Crippen molar-refractivity contribution in [1.82, 2.24) is 19.1 Å². The van der Waals surface area contributed by atoms with Crippen LogP contribution < -0.4 is 0 Å². The van der Waals surface area contributed by atoms with Crippen LogP contribution in [0.25, 0.3) is 5.57 Å². The predicted molar refractivity (Wildman–Crippen MR) is 93.0 cm³/mol. The van der Waals surface area contributed by atoms with Crippen LogP contribution in [0.15, 0.2) is 29.4 Å². The molecule has 0 amide bonds. The first-order chi connectivity index (χ1) is 11.8. The average Bonchev–Trinajstić information content (AvgIpc) is 2.94. The van der Waals surface area contributed by atoms with Gasteiger partial charge in [-0.2, -0.15) is 14.7 Å². The molecule has 0 bridgehead atoms. The Hall–Kier alpha value is -2.50. The van der Waals surface area contributed by atoms with Gasteiger partial charge in [0.05, 0.1) is 23.1 Å². The molecule has 2 aromatic heterocycles. The van der Waals surface area contributed by atoms with E-state index in [0.29, 0.717) is 30.8 Å². The van der Waals surface area contributed by atoms with Gasteiger partial charge in [0.1, 0.15) is 11.0 Å². The van der Waals surface area contributed by atoms with Gasteiger partial charge in [0.25, 0.3) is 0 Å². The fraction of sp³-hybridized carbons (Fsp3) is 0.353. The summed E-state index contributed by atoms with van der Waals surface area (Å²) in [6.45, 7) is 4.35. The van der Waals surface area contributed by atoms with Crippen molar-refractivity contribution in [2.24, 2.45) is 7.05 Å². The smallest absolute Gasteiger partial charge is 0.246 e. The van der Waals surface area contributed by atoms with Crippen LogP contribution >= 0.6 is 0 Å². The number of aromatic nitrogens is 3. The zero-order chi connectivity index (χ0) is 18.2. The summed E-state index contributed by atoms with van der Waals surface area (Å²) in [6, 6.07) is 3.87. The number of pyridine rings is 1. The van der Waals surface area contributed by atoms with E-state index < -0.39 is 10.0 Å². The lowest BCUT2D eigenvalue weighted by molar-refractivity contribution is 0.440. The summed E-state index contributed by atoms with van der Waals surface area (Å²) in [7, 11) is -1.83. The van der Waals surface area contributed by atoms with Crippen molar-refractivity contribution >= 4 is 15.6 Å². The third-order valence-corrected chi connectivity index (χ3v) is 6.46. The molecule has 8 heteroatoms. The Bertz CT molecular complexity index is 999. The zero-order valence-corrected chi connectivity index (χ0v) is 15.2. The number of nitrogens with zero attached hydrogens (tertiary/aromatic N) is 5. The summed E-state index contributed by atoms with van der Waals surface area (Å²) < 4.78 is 28.6. The van der Waals surface area contributed by atoms with Crippen molar-refractivity contribution in [3.8, 4) is 6.07 Å². The number of aryl methyl sites for hydroxylation is 2. The maximum Gasteiger partial charge on any atom is 0.246 e. The topological polar surface area (TPSA) is 91.9 Å². The minimum atomic E-state index is -3.56. The van der Waals surface area contributed by atoms with E-state index in [1.54, 1.807) is 30.9 Å².